The molecule has 2 aromatic rings. The first-order chi connectivity index (χ1) is 10.7. The van der Waals surface area contributed by atoms with Crippen LogP contribution in [0.25, 0.3) is 0 Å². The Kier molecular flexibility index (Phi) is 4.14. The summed E-state index contributed by atoms with van der Waals surface area (Å²) in [6, 6.07) is 16.1. The number of aryl methyl sites for hydroxylation is 1. The van der Waals surface area contributed by atoms with Gasteiger partial charge in [0.1, 0.15) is 5.75 Å². The second kappa shape index (κ2) is 6.22. The molecule has 0 bridgehead atoms. The van der Waals surface area contributed by atoms with Gasteiger partial charge in [0.05, 0.1) is 7.11 Å². The molecule has 3 nitrogen and oxygen atoms in total. The maximum absolute atomic E-state index is 12.8. The van der Waals surface area contributed by atoms with Gasteiger partial charge in [-0.1, -0.05) is 29.8 Å². The Morgan fingerprint density at radius 3 is 2.27 bits per heavy atom. The van der Waals surface area contributed by atoms with E-state index in [9.17, 15) is 4.79 Å². The fourth-order valence-electron chi connectivity index (χ4n) is 2.54. The van der Waals surface area contributed by atoms with Crippen molar-refractivity contribution >= 4 is 5.91 Å². The minimum absolute atomic E-state index is 0.123. The van der Waals surface area contributed by atoms with Gasteiger partial charge >= 0.3 is 0 Å². The van der Waals surface area contributed by atoms with E-state index in [-0.39, 0.29) is 5.91 Å². The summed E-state index contributed by atoms with van der Waals surface area (Å²) in [4.78, 5) is 14.8. The summed E-state index contributed by atoms with van der Waals surface area (Å²) in [7, 11) is 1.66. The lowest BCUT2D eigenvalue weighted by Gasteiger charge is -2.23. The number of hydrogen-bond donors (Lipinski definition) is 0. The third-order valence-electron chi connectivity index (χ3n) is 4.06. The second-order valence-electron chi connectivity index (χ2n) is 5.88. The van der Waals surface area contributed by atoms with E-state index in [1.807, 2.05) is 60.4 Å². The van der Waals surface area contributed by atoms with Crippen molar-refractivity contribution in [2.75, 3.05) is 7.11 Å². The van der Waals surface area contributed by atoms with Crippen LogP contribution in [0.4, 0.5) is 0 Å². The molecule has 22 heavy (non-hydrogen) atoms. The zero-order chi connectivity index (χ0) is 15.5. The first-order valence-corrected chi connectivity index (χ1v) is 7.68. The molecule has 1 fully saturated rings. The smallest absolute Gasteiger partial charge is 0.254 e. The van der Waals surface area contributed by atoms with Gasteiger partial charge in [0.25, 0.3) is 5.91 Å². The third kappa shape index (κ3) is 3.30. The van der Waals surface area contributed by atoms with Crippen LogP contribution in [0.1, 0.15) is 34.3 Å². The van der Waals surface area contributed by atoms with Crippen molar-refractivity contribution in [3.8, 4) is 5.75 Å². The Balaban J connectivity index is 1.77. The van der Waals surface area contributed by atoms with E-state index in [1.54, 1.807) is 7.11 Å². The number of carbonyl (C=O) groups is 1. The molecule has 0 atom stereocenters. The largest absolute Gasteiger partial charge is 0.497 e. The predicted molar refractivity (Wildman–Crippen MR) is 87.1 cm³/mol. The molecule has 0 spiro atoms. The number of methoxy groups -OCH3 is 1. The molecule has 0 aromatic heterocycles. The number of benzene rings is 2. The Morgan fingerprint density at radius 1 is 1.09 bits per heavy atom. The second-order valence-corrected chi connectivity index (χ2v) is 5.88. The van der Waals surface area contributed by atoms with Crippen LogP contribution >= 0.6 is 0 Å². The van der Waals surface area contributed by atoms with Crippen molar-refractivity contribution in [3.63, 3.8) is 0 Å². The minimum atomic E-state index is 0.123. The molecule has 0 radical (unpaired) electrons. The van der Waals surface area contributed by atoms with Crippen LogP contribution in [0, 0.1) is 6.92 Å². The van der Waals surface area contributed by atoms with Crippen molar-refractivity contribution in [2.45, 2.75) is 32.4 Å². The van der Waals surface area contributed by atoms with Crippen molar-refractivity contribution < 1.29 is 9.53 Å². The zero-order valence-electron chi connectivity index (χ0n) is 13.1. The molecule has 0 unspecified atom stereocenters. The van der Waals surface area contributed by atoms with Crippen molar-refractivity contribution in [1.82, 2.24) is 4.90 Å². The highest BCUT2D eigenvalue weighted by atomic mass is 16.5. The van der Waals surface area contributed by atoms with Gasteiger partial charge in [0.2, 0.25) is 0 Å². The van der Waals surface area contributed by atoms with E-state index >= 15 is 0 Å². The molecule has 1 aliphatic rings. The summed E-state index contributed by atoms with van der Waals surface area (Å²) >= 11 is 0. The third-order valence-corrected chi connectivity index (χ3v) is 4.06. The van der Waals surface area contributed by atoms with E-state index in [2.05, 4.69) is 0 Å². The van der Waals surface area contributed by atoms with Gasteiger partial charge in [-0.05, 0) is 49.6 Å². The molecule has 0 saturated heterocycles. The molecule has 0 N–H and O–H groups in total. The molecular formula is C19H21NO2. The van der Waals surface area contributed by atoms with Crippen LogP contribution in [-0.4, -0.2) is 24.0 Å². The van der Waals surface area contributed by atoms with Crippen molar-refractivity contribution in [2.24, 2.45) is 0 Å². The topological polar surface area (TPSA) is 29.5 Å². The number of nitrogens with zero attached hydrogens (tertiary/aromatic N) is 1. The molecule has 1 aliphatic carbocycles. The summed E-state index contributed by atoms with van der Waals surface area (Å²) in [6.07, 6.45) is 2.21. The highest BCUT2D eigenvalue weighted by Crippen LogP contribution is 2.30. The zero-order valence-corrected chi connectivity index (χ0v) is 13.1. The van der Waals surface area contributed by atoms with Crippen LogP contribution in [0.2, 0.25) is 0 Å². The first kappa shape index (κ1) is 14.6. The maximum atomic E-state index is 12.8. The van der Waals surface area contributed by atoms with E-state index in [0.29, 0.717) is 12.6 Å². The van der Waals surface area contributed by atoms with Gasteiger partial charge in [-0.2, -0.15) is 0 Å². The van der Waals surface area contributed by atoms with Crippen LogP contribution in [0.3, 0.4) is 0 Å². The lowest BCUT2D eigenvalue weighted by Crippen LogP contribution is -2.32. The van der Waals surface area contributed by atoms with E-state index in [1.165, 1.54) is 5.56 Å². The summed E-state index contributed by atoms with van der Waals surface area (Å²) in [5.74, 6) is 0.963. The first-order valence-electron chi connectivity index (χ1n) is 7.68. The van der Waals surface area contributed by atoms with Crippen molar-refractivity contribution in [1.29, 1.82) is 0 Å². The summed E-state index contributed by atoms with van der Waals surface area (Å²) in [5.41, 5.74) is 3.07. The highest BCUT2D eigenvalue weighted by molar-refractivity contribution is 5.94. The molecule has 1 amide bonds. The Hall–Kier alpha value is -2.29. The summed E-state index contributed by atoms with van der Waals surface area (Å²) in [5, 5.41) is 0. The minimum Gasteiger partial charge on any atom is -0.497 e. The molecule has 3 rings (SSSR count). The number of carbonyl (C=O) groups excluding carboxylic acids is 1. The SMILES string of the molecule is COc1ccc(CN(C(=O)c2ccc(C)cc2)C2CC2)cc1. The van der Waals surface area contributed by atoms with Gasteiger partial charge in [0.15, 0.2) is 0 Å². The monoisotopic (exact) mass is 295 g/mol. The fraction of sp³-hybridized carbons (Fsp3) is 0.316. The van der Waals surface area contributed by atoms with Gasteiger partial charge in [-0.3, -0.25) is 4.79 Å². The molecule has 2 aromatic carbocycles. The number of amides is 1. The quantitative estimate of drug-likeness (QED) is 0.839. The lowest BCUT2D eigenvalue weighted by atomic mass is 10.1. The number of ether oxygens (including phenoxy) is 1. The highest BCUT2D eigenvalue weighted by Gasteiger charge is 2.32. The van der Waals surface area contributed by atoms with E-state index < -0.39 is 0 Å². The Morgan fingerprint density at radius 2 is 1.73 bits per heavy atom. The van der Waals surface area contributed by atoms with E-state index in [4.69, 9.17) is 4.74 Å². The van der Waals surface area contributed by atoms with Crippen LogP contribution < -0.4 is 4.74 Å². The van der Waals surface area contributed by atoms with Gasteiger partial charge in [-0.15, -0.1) is 0 Å². The predicted octanol–water partition coefficient (Wildman–Crippen LogP) is 3.81. The van der Waals surface area contributed by atoms with Crippen LogP contribution in [0.15, 0.2) is 48.5 Å². The van der Waals surface area contributed by atoms with E-state index in [0.717, 1.165) is 29.7 Å². The van der Waals surface area contributed by atoms with Gasteiger partial charge in [0, 0.05) is 18.2 Å². The van der Waals surface area contributed by atoms with Crippen LogP contribution in [0.5, 0.6) is 5.75 Å². The number of rotatable bonds is 5. The Bertz CT molecular complexity index is 642. The standard InChI is InChI=1S/C19H21NO2/c1-14-3-7-16(8-4-14)19(21)20(17-9-10-17)13-15-5-11-18(22-2)12-6-15/h3-8,11-12,17H,9-10,13H2,1-2H3. The maximum Gasteiger partial charge on any atom is 0.254 e. The molecule has 0 aliphatic heterocycles. The molecule has 0 heterocycles. The van der Waals surface area contributed by atoms with Gasteiger partial charge in [-0.25, -0.2) is 0 Å². The summed E-state index contributed by atoms with van der Waals surface area (Å²) in [6.45, 7) is 2.69. The Labute approximate surface area is 131 Å². The van der Waals surface area contributed by atoms with Crippen LogP contribution in [-0.2, 0) is 6.54 Å². The average molecular weight is 295 g/mol. The normalized spacial score (nSPS) is 13.7. The van der Waals surface area contributed by atoms with Gasteiger partial charge < -0.3 is 9.64 Å². The molecule has 1 saturated carbocycles. The molecule has 3 heteroatoms. The fourth-order valence-corrected chi connectivity index (χ4v) is 2.54. The summed E-state index contributed by atoms with van der Waals surface area (Å²) < 4.78 is 5.18. The lowest BCUT2D eigenvalue weighted by molar-refractivity contribution is 0.0730. The number of hydrogen-bond acceptors (Lipinski definition) is 2. The molecular weight excluding hydrogens is 274 g/mol. The average Bonchev–Trinajstić information content (AvgIpc) is 3.38. The van der Waals surface area contributed by atoms with Crippen molar-refractivity contribution in [3.05, 3.63) is 65.2 Å². The molecule has 114 valence electrons.